The van der Waals surface area contributed by atoms with E-state index in [-0.39, 0.29) is 5.41 Å². The van der Waals surface area contributed by atoms with Gasteiger partial charge in [-0.25, -0.2) is 4.68 Å². The Morgan fingerprint density at radius 1 is 1.12 bits per heavy atom. The van der Waals surface area contributed by atoms with Gasteiger partial charge in [-0.1, -0.05) is 56.3 Å². The van der Waals surface area contributed by atoms with Gasteiger partial charge in [-0.05, 0) is 5.41 Å². The Labute approximate surface area is 96.1 Å². The van der Waals surface area contributed by atoms with Crippen LogP contribution in [-0.2, 0) is 6.54 Å². The van der Waals surface area contributed by atoms with Crippen molar-refractivity contribution in [1.29, 1.82) is 0 Å². The summed E-state index contributed by atoms with van der Waals surface area (Å²) in [7, 11) is 0. The molecule has 1 aromatic heterocycles. The fourth-order valence-corrected chi connectivity index (χ4v) is 1.66. The summed E-state index contributed by atoms with van der Waals surface area (Å²) >= 11 is 0. The summed E-state index contributed by atoms with van der Waals surface area (Å²) in [6.45, 7) is 7.47. The van der Waals surface area contributed by atoms with E-state index >= 15 is 0 Å². The fourth-order valence-electron chi connectivity index (χ4n) is 1.66. The number of hydrogen-bond acceptors (Lipinski definition) is 2. The molecule has 2 aromatic rings. The lowest BCUT2D eigenvalue weighted by Gasteiger charge is -2.19. The number of hydrogen-bond donors (Lipinski definition) is 0. The average molecular weight is 215 g/mol. The maximum absolute atomic E-state index is 4.14. The average Bonchev–Trinajstić information content (AvgIpc) is 2.64. The van der Waals surface area contributed by atoms with E-state index in [9.17, 15) is 0 Å². The van der Waals surface area contributed by atoms with Crippen molar-refractivity contribution in [2.45, 2.75) is 27.3 Å². The topological polar surface area (TPSA) is 30.7 Å². The van der Waals surface area contributed by atoms with E-state index in [1.54, 1.807) is 0 Å². The van der Waals surface area contributed by atoms with Crippen molar-refractivity contribution in [3.8, 4) is 11.3 Å². The van der Waals surface area contributed by atoms with Gasteiger partial charge in [0.2, 0.25) is 0 Å². The minimum Gasteiger partial charge on any atom is -0.244 e. The van der Waals surface area contributed by atoms with Gasteiger partial charge in [0, 0.05) is 12.1 Å². The molecule has 0 aliphatic carbocycles. The maximum Gasteiger partial charge on any atom is 0.0885 e. The van der Waals surface area contributed by atoms with E-state index in [1.807, 2.05) is 29.1 Å². The first-order chi connectivity index (χ1) is 7.56. The van der Waals surface area contributed by atoms with Crippen molar-refractivity contribution >= 4 is 0 Å². The molecule has 3 heteroatoms. The number of benzene rings is 1. The Balaban J connectivity index is 2.33. The predicted octanol–water partition coefficient (Wildman–Crippen LogP) is 2.99. The molecule has 0 bridgehead atoms. The van der Waals surface area contributed by atoms with E-state index in [2.05, 4.69) is 43.2 Å². The minimum atomic E-state index is 0.206. The van der Waals surface area contributed by atoms with E-state index in [0.717, 1.165) is 17.8 Å². The van der Waals surface area contributed by atoms with Crippen LogP contribution in [0.3, 0.4) is 0 Å². The summed E-state index contributed by atoms with van der Waals surface area (Å²) in [4.78, 5) is 0. The lowest BCUT2D eigenvalue weighted by atomic mass is 9.97. The van der Waals surface area contributed by atoms with Crippen LogP contribution in [-0.4, -0.2) is 15.0 Å². The van der Waals surface area contributed by atoms with Crippen molar-refractivity contribution in [2.24, 2.45) is 5.41 Å². The van der Waals surface area contributed by atoms with Gasteiger partial charge in [0.15, 0.2) is 0 Å². The second kappa shape index (κ2) is 4.08. The van der Waals surface area contributed by atoms with Gasteiger partial charge in [0.1, 0.15) is 0 Å². The summed E-state index contributed by atoms with van der Waals surface area (Å²) in [6.07, 6.45) is 1.82. The second-order valence-corrected chi connectivity index (χ2v) is 5.20. The number of aromatic nitrogens is 3. The highest BCUT2D eigenvalue weighted by Crippen LogP contribution is 2.22. The molecule has 84 valence electrons. The van der Waals surface area contributed by atoms with Crippen LogP contribution in [0, 0.1) is 5.41 Å². The van der Waals surface area contributed by atoms with Gasteiger partial charge in [0.05, 0.1) is 11.9 Å². The first-order valence-electron chi connectivity index (χ1n) is 5.50. The third kappa shape index (κ3) is 2.48. The summed E-state index contributed by atoms with van der Waals surface area (Å²) in [5.41, 5.74) is 2.45. The molecule has 0 unspecified atom stereocenters. The Hall–Kier alpha value is -1.64. The third-order valence-corrected chi connectivity index (χ3v) is 2.31. The Bertz CT molecular complexity index is 452. The van der Waals surface area contributed by atoms with Crippen LogP contribution in [0.2, 0.25) is 0 Å². The van der Waals surface area contributed by atoms with Crippen LogP contribution in [0.1, 0.15) is 20.8 Å². The van der Waals surface area contributed by atoms with Crippen molar-refractivity contribution in [3.63, 3.8) is 0 Å². The number of rotatable bonds is 2. The standard InChI is InChI=1S/C13H17N3/c1-13(2,3)10-16-12(9-14-15-16)11-7-5-4-6-8-11/h4-9H,10H2,1-3H3. The van der Waals surface area contributed by atoms with Crippen LogP contribution >= 0.6 is 0 Å². The normalized spacial score (nSPS) is 11.7. The molecule has 1 aromatic carbocycles. The smallest absolute Gasteiger partial charge is 0.0885 e. The highest BCUT2D eigenvalue weighted by Gasteiger charge is 2.15. The summed E-state index contributed by atoms with van der Waals surface area (Å²) in [6, 6.07) is 10.2. The molecule has 0 saturated carbocycles. The van der Waals surface area contributed by atoms with Crippen LogP contribution in [0.5, 0.6) is 0 Å². The van der Waals surface area contributed by atoms with Crippen LogP contribution in [0.25, 0.3) is 11.3 Å². The zero-order valence-corrected chi connectivity index (χ0v) is 10.0. The molecule has 16 heavy (non-hydrogen) atoms. The summed E-state index contributed by atoms with van der Waals surface area (Å²) in [5.74, 6) is 0. The van der Waals surface area contributed by atoms with Crippen molar-refractivity contribution in [2.75, 3.05) is 0 Å². The van der Waals surface area contributed by atoms with Crippen molar-refractivity contribution < 1.29 is 0 Å². The monoisotopic (exact) mass is 215 g/mol. The van der Waals surface area contributed by atoms with Crippen LogP contribution in [0.4, 0.5) is 0 Å². The fraction of sp³-hybridized carbons (Fsp3) is 0.385. The maximum atomic E-state index is 4.14. The Kier molecular flexibility index (Phi) is 2.77. The largest absolute Gasteiger partial charge is 0.244 e. The molecule has 0 amide bonds. The second-order valence-electron chi connectivity index (χ2n) is 5.20. The van der Waals surface area contributed by atoms with Crippen molar-refractivity contribution in [1.82, 2.24) is 15.0 Å². The first kappa shape index (κ1) is 10.9. The molecule has 0 fully saturated rings. The Morgan fingerprint density at radius 3 is 2.44 bits per heavy atom. The van der Waals surface area contributed by atoms with E-state index in [1.165, 1.54) is 0 Å². The highest BCUT2D eigenvalue weighted by molar-refractivity contribution is 5.57. The molecule has 0 aliphatic rings. The molecule has 3 nitrogen and oxygen atoms in total. The van der Waals surface area contributed by atoms with Crippen molar-refractivity contribution in [3.05, 3.63) is 36.5 Å². The molecule has 2 rings (SSSR count). The van der Waals surface area contributed by atoms with Crippen LogP contribution in [0.15, 0.2) is 36.5 Å². The van der Waals surface area contributed by atoms with Gasteiger partial charge in [-0.15, -0.1) is 5.10 Å². The quantitative estimate of drug-likeness (QED) is 0.771. The van der Waals surface area contributed by atoms with Gasteiger partial charge < -0.3 is 0 Å². The summed E-state index contributed by atoms with van der Waals surface area (Å²) in [5, 5.41) is 8.14. The van der Waals surface area contributed by atoms with Gasteiger partial charge >= 0.3 is 0 Å². The number of nitrogens with zero attached hydrogens (tertiary/aromatic N) is 3. The van der Waals surface area contributed by atoms with E-state index in [0.29, 0.717) is 0 Å². The van der Waals surface area contributed by atoms with Gasteiger partial charge in [0.25, 0.3) is 0 Å². The molecular formula is C13H17N3. The highest BCUT2D eigenvalue weighted by atomic mass is 15.4. The van der Waals surface area contributed by atoms with Crippen LogP contribution < -0.4 is 0 Å². The lowest BCUT2D eigenvalue weighted by Crippen LogP contribution is -2.17. The summed E-state index contributed by atoms with van der Waals surface area (Å²) < 4.78 is 1.97. The third-order valence-electron chi connectivity index (χ3n) is 2.31. The minimum absolute atomic E-state index is 0.206. The molecule has 0 saturated heterocycles. The SMILES string of the molecule is CC(C)(C)Cn1nncc1-c1ccccc1. The van der Waals surface area contributed by atoms with E-state index < -0.39 is 0 Å². The molecule has 0 N–H and O–H groups in total. The molecule has 0 radical (unpaired) electrons. The predicted molar refractivity (Wildman–Crippen MR) is 64.9 cm³/mol. The van der Waals surface area contributed by atoms with E-state index in [4.69, 9.17) is 0 Å². The lowest BCUT2D eigenvalue weighted by molar-refractivity contribution is 0.323. The molecule has 1 heterocycles. The molecule has 0 spiro atoms. The molecular weight excluding hydrogens is 198 g/mol. The Morgan fingerprint density at radius 2 is 1.81 bits per heavy atom. The molecule has 0 aliphatic heterocycles. The zero-order valence-electron chi connectivity index (χ0n) is 10.0. The zero-order chi connectivity index (χ0) is 11.6. The first-order valence-corrected chi connectivity index (χ1v) is 5.50. The molecule has 0 atom stereocenters. The van der Waals surface area contributed by atoms with Gasteiger partial charge in [-0.3, -0.25) is 0 Å². The van der Waals surface area contributed by atoms with Gasteiger partial charge in [-0.2, -0.15) is 0 Å².